The second-order valence-corrected chi connectivity index (χ2v) is 9.06. The zero-order valence-electron chi connectivity index (χ0n) is 19.2. The number of rotatable bonds is 9. The first kappa shape index (κ1) is 23.5. The Labute approximate surface area is 197 Å². The molecule has 0 aliphatic heterocycles. The smallest absolute Gasteiger partial charge is 0.228 e. The van der Waals surface area contributed by atoms with Crippen LogP contribution in [0.3, 0.4) is 0 Å². The number of pyridine rings is 1. The summed E-state index contributed by atoms with van der Waals surface area (Å²) in [6.45, 7) is 3.78. The summed E-state index contributed by atoms with van der Waals surface area (Å²) in [4.78, 5) is 27.9. The summed E-state index contributed by atoms with van der Waals surface area (Å²) in [5, 5.41) is 2.56. The van der Waals surface area contributed by atoms with E-state index in [4.69, 9.17) is 4.74 Å². The molecule has 5 nitrogen and oxygen atoms in total. The molecule has 0 radical (unpaired) electrons. The fourth-order valence-corrected chi connectivity index (χ4v) is 3.74. The van der Waals surface area contributed by atoms with Crippen LogP contribution >= 0.6 is 0 Å². The van der Waals surface area contributed by atoms with Crippen LogP contribution in [0.1, 0.15) is 49.1 Å². The lowest BCUT2D eigenvalue weighted by Gasteiger charge is -2.13. The second kappa shape index (κ2) is 9.71. The standard InChI is InChI=1S/C27H26F2N2O3/c1-17(32)11-21-12-18(7-10-30-21)16-34-22-5-3-19(24(29)15-22)13-26(33)31-25-14-20(4-6-23(25)28)27(2)8-9-27/h3-7,10,12,14-15H,8-9,11,13,16H2,1-2H3,(H,31,33). The van der Waals surface area contributed by atoms with Crippen LogP contribution in [0, 0.1) is 11.6 Å². The topological polar surface area (TPSA) is 68.3 Å². The van der Waals surface area contributed by atoms with Crippen molar-refractivity contribution in [1.82, 2.24) is 4.98 Å². The van der Waals surface area contributed by atoms with Crippen molar-refractivity contribution in [2.75, 3.05) is 5.32 Å². The van der Waals surface area contributed by atoms with Crippen LogP contribution < -0.4 is 10.1 Å². The number of hydrogen-bond donors (Lipinski definition) is 1. The maximum atomic E-state index is 14.6. The summed E-state index contributed by atoms with van der Waals surface area (Å²) in [6, 6.07) is 12.6. The van der Waals surface area contributed by atoms with Gasteiger partial charge in [-0.25, -0.2) is 8.78 Å². The molecule has 0 saturated heterocycles. The van der Waals surface area contributed by atoms with Crippen LogP contribution in [0.15, 0.2) is 54.7 Å². The quantitative estimate of drug-likeness (QED) is 0.466. The van der Waals surface area contributed by atoms with Gasteiger partial charge in [-0.15, -0.1) is 0 Å². The Balaban J connectivity index is 1.36. The van der Waals surface area contributed by atoms with Gasteiger partial charge in [0.15, 0.2) is 0 Å². The molecule has 1 heterocycles. The van der Waals surface area contributed by atoms with E-state index < -0.39 is 17.5 Å². The molecule has 176 valence electrons. The van der Waals surface area contributed by atoms with Crippen molar-refractivity contribution in [3.05, 3.63) is 88.7 Å². The molecule has 1 aliphatic carbocycles. The fourth-order valence-electron chi connectivity index (χ4n) is 3.74. The molecule has 0 unspecified atom stereocenters. The van der Waals surface area contributed by atoms with Crippen LogP contribution in [0.5, 0.6) is 5.75 Å². The maximum Gasteiger partial charge on any atom is 0.228 e. The summed E-state index contributed by atoms with van der Waals surface area (Å²) in [5.41, 5.74) is 2.77. The molecular weight excluding hydrogens is 438 g/mol. The van der Waals surface area contributed by atoms with E-state index in [0.717, 1.165) is 24.0 Å². The third-order valence-electron chi connectivity index (χ3n) is 6.03. The van der Waals surface area contributed by atoms with Gasteiger partial charge >= 0.3 is 0 Å². The average molecular weight is 465 g/mol. The summed E-state index contributed by atoms with van der Waals surface area (Å²) in [6.07, 6.45) is 3.68. The molecule has 1 N–H and O–H groups in total. The Morgan fingerprint density at radius 3 is 2.53 bits per heavy atom. The Kier molecular flexibility index (Phi) is 6.72. The van der Waals surface area contributed by atoms with Crippen molar-refractivity contribution in [2.24, 2.45) is 0 Å². The summed E-state index contributed by atoms with van der Waals surface area (Å²) < 4.78 is 34.5. The number of amides is 1. The van der Waals surface area contributed by atoms with Crippen molar-refractivity contribution in [1.29, 1.82) is 0 Å². The number of ketones is 1. The van der Waals surface area contributed by atoms with Crippen LogP contribution in [0.4, 0.5) is 14.5 Å². The molecule has 0 atom stereocenters. The minimum absolute atomic E-state index is 0.0138. The van der Waals surface area contributed by atoms with Gasteiger partial charge in [-0.2, -0.15) is 0 Å². The van der Waals surface area contributed by atoms with Gasteiger partial charge in [-0.05, 0) is 72.2 Å². The summed E-state index contributed by atoms with van der Waals surface area (Å²) in [7, 11) is 0. The van der Waals surface area contributed by atoms with E-state index in [1.165, 1.54) is 25.1 Å². The number of carbonyl (C=O) groups excluding carboxylic acids is 2. The van der Waals surface area contributed by atoms with E-state index in [1.54, 1.807) is 36.5 Å². The van der Waals surface area contributed by atoms with E-state index in [-0.39, 0.29) is 41.9 Å². The highest BCUT2D eigenvalue weighted by Crippen LogP contribution is 2.48. The zero-order valence-corrected chi connectivity index (χ0v) is 19.2. The number of benzene rings is 2. The number of hydrogen-bond acceptors (Lipinski definition) is 4. The Hall–Kier alpha value is -3.61. The number of nitrogens with one attached hydrogen (secondary N) is 1. The number of anilines is 1. The molecule has 2 aromatic carbocycles. The fraction of sp³-hybridized carbons (Fsp3) is 0.296. The van der Waals surface area contributed by atoms with Gasteiger partial charge in [-0.1, -0.05) is 19.1 Å². The molecule has 34 heavy (non-hydrogen) atoms. The first-order valence-corrected chi connectivity index (χ1v) is 11.2. The van der Waals surface area contributed by atoms with Crippen molar-refractivity contribution in [2.45, 2.75) is 51.6 Å². The predicted octanol–water partition coefficient (Wildman–Crippen LogP) is 5.30. The largest absolute Gasteiger partial charge is 0.489 e. The maximum absolute atomic E-state index is 14.6. The number of aromatic nitrogens is 1. The molecule has 0 spiro atoms. The summed E-state index contributed by atoms with van der Waals surface area (Å²) >= 11 is 0. The van der Waals surface area contributed by atoms with E-state index in [0.29, 0.717) is 11.4 Å². The van der Waals surface area contributed by atoms with E-state index >= 15 is 0 Å². The van der Waals surface area contributed by atoms with Gasteiger partial charge in [0, 0.05) is 24.4 Å². The zero-order chi connectivity index (χ0) is 24.3. The van der Waals surface area contributed by atoms with E-state index in [2.05, 4.69) is 17.2 Å². The number of halogens is 2. The van der Waals surface area contributed by atoms with Gasteiger partial charge < -0.3 is 10.1 Å². The number of ether oxygens (including phenoxy) is 1. The lowest BCUT2D eigenvalue weighted by atomic mass is 9.98. The van der Waals surface area contributed by atoms with Gasteiger partial charge in [0.25, 0.3) is 0 Å². The molecule has 1 saturated carbocycles. The average Bonchev–Trinajstić information content (AvgIpc) is 3.54. The minimum atomic E-state index is -0.584. The molecule has 3 aromatic rings. The Bertz CT molecular complexity index is 1240. The van der Waals surface area contributed by atoms with E-state index in [9.17, 15) is 18.4 Å². The van der Waals surface area contributed by atoms with Crippen LogP contribution in [0.25, 0.3) is 0 Å². The van der Waals surface area contributed by atoms with Crippen molar-refractivity contribution < 1.29 is 23.1 Å². The van der Waals surface area contributed by atoms with Gasteiger partial charge in [0.05, 0.1) is 12.1 Å². The lowest BCUT2D eigenvalue weighted by molar-refractivity contribution is -0.117. The molecule has 1 aliphatic rings. The minimum Gasteiger partial charge on any atom is -0.489 e. The Morgan fingerprint density at radius 2 is 1.82 bits per heavy atom. The number of carbonyl (C=O) groups is 2. The van der Waals surface area contributed by atoms with Crippen molar-refractivity contribution in [3.8, 4) is 5.75 Å². The van der Waals surface area contributed by atoms with Gasteiger partial charge in [-0.3, -0.25) is 14.6 Å². The third-order valence-corrected chi connectivity index (χ3v) is 6.03. The second-order valence-electron chi connectivity index (χ2n) is 9.06. The van der Waals surface area contributed by atoms with Crippen LogP contribution in [-0.2, 0) is 34.5 Å². The first-order valence-electron chi connectivity index (χ1n) is 11.2. The summed E-state index contributed by atoms with van der Waals surface area (Å²) in [5.74, 6) is -1.28. The van der Waals surface area contributed by atoms with Gasteiger partial charge in [0.2, 0.25) is 5.91 Å². The first-order chi connectivity index (χ1) is 16.2. The van der Waals surface area contributed by atoms with Crippen LogP contribution in [0.2, 0.25) is 0 Å². The monoisotopic (exact) mass is 464 g/mol. The van der Waals surface area contributed by atoms with E-state index in [1.807, 2.05) is 0 Å². The lowest BCUT2D eigenvalue weighted by Crippen LogP contribution is -2.17. The normalized spacial score (nSPS) is 13.9. The molecule has 1 amide bonds. The van der Waals surface area contributed by atoms with Crippen LogP contribution in [-0.4, -0.2) is 16.7 Å². The SMILES string of the molecule is CC(=O)Cc1cc(COc2ccc(CC(=O)Nc3cc(C4(C)CC4)ccc3F)c(F)c2)ccn1. The van der Waals surface area contributed by atoms with Crippen molar-refractivity contribution >= 4 is 17.4 Å². The number of Topliss-reactive ketones (excluding diaryl/α,β-unsaturated/α-hetero) is 1. The molecule has 1 fully saturated rings. The molecular formula is C27H26F2N2O3. The number of nitrogens with zero attached hydrogens (tertiary/aromatic N) is 1. The molecule has 7 heteroatoms. The van der Waals surface area contributed by atoms with Crippen molar-refractivity contribution in [3.63, 3.8) is 0 Å². The van der Waals surface area contributed by atoms with Gasteiger partial charge in [0.1, 0.15) is 29.8 Å². The highest BCUT2D eigenvalue weighted by molar-refractivity contribution is 5.92. The molecule has 0 bridgehead atoms. The third kappa shape index (κ3) is 5.84. The highest BCUT2D eigenvalue weighted by atomic mass is 19.1. The molecule has 1 aromatic heterocycles. The Morgan fingerprint density at radius 1 is 1.03 bits per heavy atom. The highest BCUT2D eigenvalue weighted by Gasteiger charge is 2.39. The molecule has 4 rings (SSSR count). The predicted molar refractivity (Wildman–Crippen MR) is 125 cm³/mol.